The summed E-state index contributed by atoms with van der Waals surface area (Å²) in [5.41, 5.74) is 0. The van der Waals surface area contributed by atoms with Crippen LogP contribution in [0.25, 0.3) is 0 Å². The lowest BCUT2D eigenvalue weighted by Crippen LogP contribution is -2.56. The van der Waals surface area contributed by atoms with Gasteiger partial charge in [-0.3, -0.25) is 0 Å². The zero-order chi connectivity index (χ0) is 9.10. The second kappa shape index (κ2) is 4.37. The smallest absolute Gasteiger partial charge is 0.0633 e. The van der Waals surface area contributed by atoms with Crippen molar-refractivity contribution in [3.63, 3.8) is 0 Å². The van der Waals surface area contributed by atoms with E-state index in [0.29, 0.717) is 6.04 Å². The molecule has 0 aromatic heterocycles. The molecule has 0 aromatic rings. The summed E-state index contributed by atoms with van der Waals surface area (Å²) >= 11 is 0. The van der Waals surface area contributed by atoms with Crippen molar-refractivity contribution in [1.82, 2.24) is 10.0 Å². The van der Waals surface area contributed by atoms with Gasteiger partial charge >= 0.3 is 0 Å². The number of hydrogen-bond donors (Lipinski definition) is 0. The van der Waals surface area contributed by atoms with E-state index in [-0.39, 0.29) is 0 Å². The van der Waals surface area contributed by atoms with Crippen molar-refractivity contribution in [1.29, 1.82) is 0 Å². The quantitative estimate of drug-likeness (QED) is 0.573. The molecule has 0 N–H and O–H groups in total. The van der Waals surface area contributed by atoms with Crippen molar-refractivity contribution in [2.24, 2.45) is 0 Å². The van der Waals surface area contributed by atoms with Crippen LogP contribution >= 0.6 is 0 Å². The molecule has 0 aromatic carbocycles. The zero-order valence-corrected chi connectivity index (χ0v) is 8.24. The molecular formula is C9H18N2O2. The van der Waals surface area contributed by atoms with Crippen LogP contribution in [0, 0.1) is 0 Å². The third-order valence-electron chi connectivity index (χ3n) is 2.68. The van der Waals surface area contributed by atoms with E-state index in [4.69, 9.17) is 9.47 Å². The van der Waals surface area contributed by atoms with E-state index in [9.17, 15) is 0 Å². The van der Waals surface area contributed by atoms with Gasteiger partial charge in [0.1, 0.15) is 0 Å². The summed E-state index contributed by atoms with van der Waals surface area (Å²) in [6, 6.07) is 0.520. The molecule has 2 aliphatic heterocycles. The molecule has 0 amide bonds. The average molecular weight is 186 g/mol. The van der Waals surface area contributed by atoms with E-state index in [1.54, 1.807) is 0 Å². The van der Waals surface area contributed by atoms with E-state index < -0.39 is 0 Å². The molecule has 4 nitrogen and oxygen atoms in total. The molecule has 2 fully saturated rings. The molecule has 0 radical (unpaired) electrons. The van der Waals surface area contributed by atoms with Gasteiger partial charge in [-0.15, -0.1) is 0 Å². The van der Waals surface area contributed by atoms with Gasteiger partial charge in [-0.1, -0.05) is 0 Å². The van der Waals surface area contributed by atoms with Crippen LogP contribution in [0.15, 0.2) is 0 Å². The minimum atomic E-state index is 0.520. The third-order valence-corrected chi connectivity index (χ3v) is 2.68. The fraction of sp³-hybridized carbons (Fsp3) is 1.00. The average Bonchev–Trinajstić information content (AvgIpc) is 2.20. The van der Waals surface area contributed by atoms with Crippen molar-refractivity contribution in [3.8, 4) is 0 Å². The van der Waals surface area contributed by atoms with Crippen LogP contribution in [0.3, 0.4) is 0 Å². The summed E-state index contributed by atoms with van der Waals surface area (Å²) in [7, 11) is 0. The van der Waals surface area contributed by atoms with Gasteiger partial charge in [-0.25, -0.2) is 10.0 Å². The Bertz CT molecular complexity index is 160. The molecule has 0 saturated carbocycles. The normalized spacial score (nSPS) is 33.5. The second-order valence-corrected chi connectivity index (χ2v) is 3.65. The first-order valence-electron chi connectivity index (χ1n) is 5.05. The lowest BCUT2D eigenvalue weighted by molar-refractivity contribution is -0.152. The van der Waals surface area contributed by atoms with Crippen LogP contribution < -0.4 is 0 Å². The van der Waals surface area contributed by atoms with E-state index in [1.165, 1.54) is 0 Å². The van der Waals surface area contributed by atoms with Crippen LogP contribution in [0.4, 0.5) is 0 Å². The van der Waals surface area contributed by atoms with Crippen LogP contribution in [-0.4, -0.2) is 62.1 Å². The molecule has 2 aliphatic rings. The Balaban J connectivity index is 1.88. The highest BCUT2D eigenvalue weighted by Crippen LogP contribution is 2.11. The van der Waals surface area contributed by atoms with Gasteiger partial charge in [0.2, 0.25) is 0 Å². The molecule has 2 rings (SSSR count). The Hall–Kier alpha value is -0.160. The molecule has 0 bridgehead atoms. The van der Waals surface area contributed by atoms with Crippen LogP contribution in [0.1, 0.15) is 6.92 Å². The molecule has 1 unspecified atom stereocenters. The first-order valence-corrected chi connectivity index (χ1v) is 5.05. The summed E-state index contributed by atoms with van der Waals surface area (Å²) in [5, 5.41) is 4.82. The summed E-state index contributed by atoms with van der Waals surface area (Å²) in [6.45, 7) is 8.76. The fourth-order valence-corrected chi connectivity index (χ4v) is 1.95. The molecule has 13 heavy (non-hydrogen) atoms. The maximum atomic E-state index is 5.40. The fourth-order valence-electron chi connectivity index (χ4n) is 1.95. The largest absolute Gasteiger partial charge is 0.379 e. The molecule has 2 saturated heterocycles. The SMILES string of the molecule is CC1COCCN1N1CCOCC1. The van der Waals surface area contributed by atoms with Crippen molar-refractivity contribution >= 4 is 0 Å². The van der Waals surface area contributed by atoms with Gasteiger partial charge in [-0.05, 0) is 6.92 Å². The maximum Gasteiger partial charge on any atom is 0.0633 e. The van der Waals surface area contributed by atoms with Gasteiger partial charge in [0.05, 0.1) is 26.4 Å². The highest BCUT2D eigenvalue weighted by Gasteiger charge is 2.25. The van der Waals surface area contributed by atoms with Crippen LogP contribution in [0.2, 0.25) is 0 Å². The second-order valence-electron chi connectivity index (χ2n) is 3.65. The van der Waals surface area contributed by atoms with Crippen LogP contribution in [0.5, 0.6) is 0 Å². The van der Waals surface area contributed by atoms with Gasteiger partial charge < -0.3 is 9.47 Å². The van der Waals surface area contributed by atoms with Crippen molar-refractivity contribution < 1.29 is 9.47 Å². The Morgan fingerprint density at radius 3 is 2.38 bits per heavy atom. The molecular weight excluding hydrogens is 168 g/mol. The number of morpholine rings is 2. The lowest BCUT2D eigenvalue weighted by atomic mass is 10.3. The van der Waals surface area contributed by atoms with Gasteiger partial charge in [0.15, 0.2) is 0 Å². The highest BCUT2D eigenvalue weighted by atomic mass is 16.5. The Morgan fingerprint density at radius 1 is 1.00 bits per heavy atom. The van der Waals surface area contributed by atoms with E-state index >= 15 is 0 Å². The first-order chi connectivity index (χ1) is 6.38. The number of rotatable bonds is 1. The summed E-state index contributed by atoms with van der Waals surface area (Å²) < 4.78 is 10.7. The zero-order valence-electron chi connectivity index (χ0n) is 8.24. The monoisotopic (exact) mass is 186 g/mol. The Morgan fingerprint density at radius 2 is 1.69 bits per heavy atom. The lowest BCUT2D eigenvalue weighted by Gasteiger charge is -2.43. The van der Waals surface area contributed by atoms with Gasteiger partial charge in [-0.2, -0.15) is 0 Å². The van der Waals surface area contributed by atoms with Crippen LogP contribution in [-0.2, 0) is 9.47 Å². The molecule has 1 atom stereocenters. The Kier molecular flexibility index (Phi) is 3.16. The van der Waals surface area contributed by atoms with Crippen molar-refractivity contribution in [3.05, 3.63) is 0 Å². The number of ether oxygens (including phenoxy) is 2. The summed E-state index contributed by atoms with van der Waals surface area (Å²) in [6.07, 6.45) is 0. The molecule has 4 heteroatoms. The van der Waals surface area contributed by atoms with Gasteiger partial charge in [0, 0.05) is 25.7 Å². The molecule has 0 aliphatic carbocycles. The van der Waals surface area contributed by atoms with Gasteiger partial charge in [0.25, 0.3) is 0 Å². The first kappa shape index (κ1) is 9.40. The maximum absolute atomic E-state index is 5.40. The van der Waals surface area contributed by atoms with E-state index in [1.807, 2.05) is 0 Å². The predicted molar refractivity (Wildman–Crippen MR) is 49.4 cm³/mol. The molecule has 76 valence electrons. The van der Waals surface area contributed by atoms with E-state index in [2.05, 4.69) is 16.9 Å². The minimum absolute atomic E-state index is 0.520. The topological polar surface area (TPSA) is 24.9 Å². The standard InChI is InChI=1S/C9H18N2O2/c1-9-8-13-7-4-11(9)10-2-5-12-6-3-10/h9H,2-8H2,1H3. The minimum Gasteiger partial charge on any atom is -0.379 e. The van der Waals surface area contributed by atoms with Crippen molar-refractivity contribution in [2.75, 3.05) is 46.1 Å². The van der Waals surface area contributed by atoms with E-state index in [0.717, 1.165) is 46.1 Å². The highest BCUT2D eigenvalue weighted by molar-refractivity contribution is 4.71. The molecule has 2 heterocycles. The number of nitrogens with zero attached hydrogens (tertiary/aromatic N) is 2. The Labute approximate surface area is 79.4 Å². The predicted octanol–water partition coefficient (Wildman–Crippen LogP) is -0.0457. The number of hydrazine groups is 1. The van der Waals surface area contributed by atoms with Crippen molar-refractivity contribution in [2.45, 2.75) is 13.0 Å². The summed E-state index contributed by atoms with van der Waals surface area (Å²) in [4.78, 5) is 0. The number of hydrogen-bond acceptors (Lipinski definition) is 4. The molecule has 0 spiro atoms. The summed E-state index contributed by atoms with van der Waals surface area (Å²) in [5.74, 6) is 0. The third kappa shape index (κ3) is 2.20.